The van der Waals surface area contributed by atoms with Crippen LogP contribution in [0.25, 0.3) is 0 Å². The molecule has 0 aromatic rings. The second-order valence-electron chi connectivity index (χ2n) is 7.65. The molecule has 0 bridgehead atoms. The van der Waals surface area contributed by atoms with E-state index >= 15 is 0 Å². The van der Waals surface area contributed by atoms with Gasteiger partial charge in [0.05, 0.1) is 0 Å². The van der Waals surface area contributed by atoms with Crippen molar-refractivity contribution < 1.29 is 4.79 Å². The molecule has 0 heterocycles. The lowest BCUT2D eigenvalue weighted by Gasteiger charge is -2.57. The summed E-state index contributed by atoms with van der Waals surface area (Å²) in [5.74, 6) is 2.84. The first-order chi connectivity index (χ1) is 9.56. The van der Waals surface area contributed by atoms with Crippen LogP contribution in [0.4, 0.5) is 0 Å². The third-order valence-corrected chi connectivity index (χ3v) is 6.75. The molecule has 20 heavy (non-hydrogen) atoms. The number of hydrogen-bond donors (Lipinski definition) is 0. The smallest absolute Gasteiger partial charge is 0.158 e. The number of hydrogen-bond acceptors (Lipinski definition) is 1. The Hall–Kier alpha value is -0.850. The molecule has 5 atom stereocenters. The SMILES string of the molecule is C=CC(=O)[C@@H]1CCC[C@@]2(C)C3CCC(=C)CC3CCC12. The fourth-order valence-corrected chi connectivity index (χ4v) is 5.81. The van der Waals surface area contributed by atoms with Crippen molar-refractivity contribution in [2.75, 3.05) is 0 Å². The summed E-state index contributed by atoms with van der Waals surface area (Å²) in [4.78, 5) is 12.2. The summed E-state index contributed by atoms with van der Waals surface area (Å²) in [5.41, 5.74) is 1.86. The Morgan fingerprint density at radius 1 is 1.25 bits per heavy atom. The zero-order valence-corrected chi connectivity index (χ0v) is 12.9. The first-order valence-corrected chi connectivity index (χ1v) is 8.39. The number of ketones is 1. The van der Waals surface area contributed by atoms with Crippen molar-refractivity contribution in [1.29, 1.82) is 0 Å². The Morgan fingerprint density at radius 2 is 2.05 bits per heavy atom. The Labute approximate surface area is 123 Å². The second-order valence-corrected chi connectivity index (χ2v) is 7.65. The highest BCUT2D eigenvalue weighted by Crippen LogP contribution is 2.60. The van der Waals surface area contributed by atoms with Crippen molar-refractivity contribution in [3.8, 4) is 0 Å². The van der Waals surface area contributed by atoms with Gasteiger partial charge in [0.2, 0.25) is 0 Å². The maximum absolute atomic E-state index is 12.2. The van der Waals surface area contributed by atoms with Crippen LogP contribution >= 0.6 is 0 Å². The van der Waals surface area contributed by atoms with Gasteiger partial charge in [0.15, 0.2) is 5.78 Å². The molecule has 0 radical (unpaired) electrons. The minimum atomic E-state index is 0.261. The van der Waals surface area contributed by atoms with Gasteiger partial charge in [-0.3, -0.25) is 4.79 Å². The van der Waals surface area contributed by atoms with E-state index in [2.05, 4.69) is 20.1 Å². The van der Waals surface area contributed by atoms with Crippen LogP contribution in [0.5, 0.6) is 0 Å². The monoisotopic (exact) mass is 272 g/mol. The van der Waals surface area contributed by atoms with Crippen molar-refractivity contribution in [3.05, 3.63) is 24.8 Å². The highest BCUT2D eigenvalue weighted by atomic mass is 16.1. The van der Waals surface area contributed by atoms with E-state index in [4.69, 9.17) is 0 Å². The quantitative estimate of drug-likeness (QED) is 0.514. The molecule has 0 aliphatic heterocycles. The van der Waals surface area contributed by atoms with E-state index in [0.717, 1.165) is 18.3 Å². The van der Waals surface area contributed by atoms with E-state index in [-0.39, 0.29) is 5.92 Å². The van der Waals surface area contributed by atoms with Gasteiger partial charge in [0.25, 0.3) is 0 Å². The standard InChI is InChI=1S/C19H28O/c1-4-18(20)15-6-5-11-19(3)16-9-7-13(2)12-14(16)8-10-17(15)19/h4,14-17H,1-2,5-12H2,3H3/t14?,15-,16?,17?,19+/m1/s1. The van der Waals surface area contributed by atoms with Crippen LogP contribution in [0.3, 0.4) is 0 Å². The molecule has 110 valence electrons. The lowest BCUT2D eigenvalue weighted by molar-refractivity contribution is -0.131. The summed E-state index contributed by atoms with van der Waals surface area (Å²) in [6.45, 7) is 10.4. The molecule has 3 fully saturated rings. The largest absolute Gasteiger partial charge is 0.295 e. The number of carbonyl (C=O) groups excluding carboxylic acids is 1. The lowest BCUT2D eigenvalue weighted by atomic mass is 9.47. The molecule has 3 aliphatic carbocycles. The number of rotatable bonds is 2. The topological polar surface area (TPSA) is 17.1 Å². The summed E-state index contributed by atoms with van der Waals surface area (Å²) in [6, 6.07) is 0. The van der Waals surface area contributed by atoms with Crippen LogP contribution in [0, 0.1) is 29.1 Å². The fourth-order valence-electron chi connectivity index (χ4n) is 5.81. The first-order valence-electron chi connectivity index (χ1n) is 8.39. The molecule has 0 N–H and O–H groups in total. The summed E-state index contributed by atoms with van der Waals surface area (Å²) < 4.78 is 0. The summed E-state index contributed by atoms with van der Waals surface area (Å²) in [7, 11) is 0. The van der Waals surface area contributed by atoms with Gasteiger partial charge in [0.1, 0.15) is 0 Å². The van der Waals surface area contributed by atoms with E-state index in [1.807, 2.05) is 0 Å². The lowest BCUT2D eigenvalue weighted by Crippen LogP contribution is -2.51. The maximum atomic E-state index is 12.2. The molecule has 3 aliphatic rings. The van der Waals surface area contributed by atoms with Gasteiger partial charge < -0.3 is 0 Å². The van der Waals surface area contributed by atoms with E-state index in [9.17, 15) is 4.79 Å². The third-order valence-electron chi connectivity index (χ3n) is 6.75. The molecule has 0 aromatic carbocycles. The molecule has 1 nitrogen and oxygen atoms in total. The molecule has 0 aromatic heterocycles. The van der Waals surface area contributed by atoms with Crippen LogP contribution in [-0.4, -0.2) is 5.78 Å². The van der Waals surface area contributed by atoms with Crippen LogP contribution in [0.1, 0.15) is 58.3 Å². The van der Waals surface area contributed by atoms with Crippen LogP contribution in [0.15, 0.2) is 24.8 Å². The summed E-state index contributed by atoms with van der Waals surface area (Å²) >= 11 is 0. The predicted octanol–water partition coefficient (Wildman–Crippen LogP) is 4.93. The molecule has 3 unspecified atom stereocenters. The molecule has 3 saturated carbocycles. The Bertz CT molecular complexity index is 435. The van der Waals surface area contributed by atoms with E-state index in [1.165, 1.54) is 50.5 Å². The second kappa shape index (κ2) is 5.16. The highest BCUT2D eigenvalue weighted by molar-refractivity contribution is 5.91. The van der Waals surface area contributed by atoms with Crippen molar-refractivity contribution in [1.82, 2.24) is 0 Å². The van der Waals surface area contributed by atoms with Crippen LogP contribution in [-0.2, 0) is 4.79 Å². The molecule has 1 heteroatoms. The van der Waals surface area contributed by atoms with Gasteiger partial charge in [-0.15, -0.1) is 0 Å². The van der Waals surface area contributed by atoms with Gasteiger partial charge in [0, 0.05) is 5.92 Å². The highest BCUT2D eigenvalue weighted by Gasteiger charge is 2.53. The van der Waals surface area contributed by atoms with E-state index in [0.29, 0.717) is 17.1 Å². The van der Waals surface area contributed by atoms with Crippen molar-refractivity contribution in [2.24, 2.45) is 29.1 Å². The Morgan fingerprint density at radius 3 is 2.80 bits per heavy atom. The van der Waals surface area contributed by atoms with Gasteiger partial charge in [-0.1, -0.05) is 32.1 Å². The van der Waals surface area contributed by atoms with Gasteiger partial charge in [-0.2, -0.15) is 0 Å². The predicted molar refractivity (Wildman–Crippen MR) is 83.3 cm³/mol. The molecule has 0 spiro atoms. The maximum Gasteiger partial charge on any atom is 0.158 e. The minimum Gasteiger partial charge on any atom is -0.295 e. The van der Waals surface area contributed by atoms with Gasteiger partial charge in [-0.05, 0) is 74.2 Å². The first kappa shape index (κ1) is 14.1. The average molecular weight is 272 g/mol. The number of allylic oxidation sites excluding steroid dienone is 2. The van der Waals surface area contributed by atoms with Gasteiger partial charge >= 0.3 is 0 Å². The molecular weight excluding hydrogens is 244 g/mol. The van der Waals surface area contributed by atoms with E-state index in [1.54, 1.807) is 6.08 Å². The van der Waals surface area contributed by atoms with Crippen molar-refractivity contribution in [3.63, 3.8) is 0 Å². The molecule has 0 amide bonds. The van der Waals surface area contributed by atoms with Crippen molar-refractivity contribution in [2.45, 2.75) is 58.3 Å². The van der Waals surface area contributed by atoms with Gasteiger partial charge in [-0.25, -0.2) is 0 Å². The minimum absolute atomic E-state index is 0.261. The zero-order valence-electron chi connectivity index (χ0n) is 12.9. The summed E-state index contributed by atoms with van der Waals surface area (Å²) in [5, 5.41) is 0. The Kier molecular flexibility index (Phi) is 3.64. The van der Waals surface area contributed by atoms with E-state index < -0.39 is 0 Å². The zero-order chi connectivity index (χ0) is 14.3. The number of carbonyl (C=O) groups is 1. The van der Waals surface area contributed by atoms with Crippen molar-refractivity contribution >= 4 is 5.78 Å². The Balaban J connectivity index is 1.87. The normalized spacial score (nSPS) is 44.4. The van der Waals surface area contributed by atoms with Crippen LogP contribution in [0.2, 0.25) is 0 Å². The molecular formula is C19H28O. The van der Waals surface area contributed by atoms with Crippen LogP contribution < -0.4 is 0 Å². The summed E-state index contributed by atoms with van der Waals surface area (Å²) in [6.07, 6.45) is 11.5. The molecule has 0 saturated heterocycles. The average Bonchev–Trinajstić information content (AvgIpc) is 2.44. The fraction of sp³-hybridized carbons (Fsp3) is 0.737. The number of fused-ring (bicyclic) bond motifs is 3. The molecule has 3 rings (SSSR count). The third kappa shape index (κ3) is 2.10.